The summed E-state index contributed by atoms with van der Waals surface area (Å²) < 4.78 is 0. The highest BCUT2D eigenvalue weighted by molar-refractivity contribution is 5.75. The predicted octanol–water partition coefficient (Wildman–Crippen LogP) is 3.66. The van der Waals surface area contributed by atoms with Gasteiger partial charge in [0.05, 0.1) is 0 Å². The van der Waals surface area contributed by atoms with Crippen LogP contribution in [-0.4, -0.2) is 23.6 Å². The predicted molar refractivity (Wildman–Crippen MR) is 90.4 cm³/mol. The Hall–Kier alpha value is -1.26. The lowest BCUT2D eigenvalue weighted by Crippen LogP contribution is -2.22. The van der Waals surface area contributed by atoms with E-state index >= 15 is 0 Å². The Morgan fingerprint density at radius 2 is 1.24 bits per heavy atom. The van der Waals surface area contributed by atoms with Crippen LogP contribution in [0.5, 0.6) is 0 Å². The number of carboxylic acids is 1. The molecule has 0 aromatic carbocycles. The van der Waals surface area contributed by atoms with Gasteiger partial charge in [-0.05, 0) is 6.42 Å². The number of guanidine groups is 1. The lowest BCUT2D eigenvalue weighted by molar-refractivity contribution is -0.136. The van der Waals surface area contributed by atoms with Gasteiger partial charge < -0.3 is 16.6 Å². The summed E-state index contributed by atoms with van der Waals surface area (Å²) in [5, 5.41) is 7.72. The molecule has 0 aliphatic carbocycles. The molecule has 0 bridgehead atoms. The number of carbonyl (C=O) groups is 1. The fourth-order valence-corrected chi connectivity index (χ4v) is 1.81. The van der Waals surface area contributed by atoms with Crippen LogP contribution in [0.2, 0.25) is 0 Å². The molecular formula is C16H35N3O2. The Labute approximate surface area is 130 Å². The van der Waals surface area contributed by atoms with Crippen molar-refractivity contribution in [1.29, 1.82) is 0 Å². The molecule has 0 spiro atoms. The minimum atomic E-state index is -0.745. The highest BCUT2D eigenvalue weighted by Crippen LogP contribution is 2.10. The Morgan fingerprint density at radius 3 is 1.57 bits per heavy atom. The Kier molecular flexibility index (Phi) is 19.7. The zero-order valence-electron chi connectivity index (χ0n) is 13.9. The van der Waals surface area contributed by atoms with Gasteiger partial charge in [-0.15, -0.1) is 0 Å². The minimum Gasteiger partial charge on any atom is -0.481 e. The number of rotatable bonds is 12. The first-order chi connectivity index (χ1) is 10.0. The first-order valence-corrected chi connectivity index (χ1v) is 8.31. The summed E-state index contributed by atoms with van der Waals surface area (Å²) in [6, 6.07) is 0. The van der Waals surface area contributed by atoms with Crippen LogP contribution in [0.25, 0.3) is 0 Å². The molecule has 5 N–H and O–H groups in total. The SMILES string of the molecule is CCC(=O)O.CCCCCCCCCCCCN=C(N)N. The molecule has 0 aliphatic rings. The van der Waals surface area contributed by atoms with Crippen molar-refractivity contribution in [2.75, 3.05) is 6.54 Å². The molecule has 5 nitrogen and oxygen atoms in total. The van der Waals surface area contributed by atoms with E-state index in [0.29, 0.717) is 0 Å². The van der Waals surface area contributed by atoms with E-state index in [1.165, 1.54) is 57.8 Å². The van der Waals surface area contributed by atoms with E-state index in [2.05, 4.69) is 11.9 Å². The Bertz CT molecular complexity index is 252. The fraction of sp³-hybridized carbons (Fsp3) is 0.875. The number of hydrogen-bond acceptors (Lipinski definition) is 2. The number of hydrogen-bond donors (Lipinski definition) is 3. The van der Waals surface area contributed by atoms with Gasteiger partial charge in [0.15, 0.2) is 5.96 Å². The quantitative estimate of drug-likeness (QED) is 0.291. The van der Waals surface area contributed by atoms with Crippen molar-refractivity contribution in [1.82, 2.24) is 0 Å². The van der Waals surface area contributed by atoms with Crippen LogP contribution >= 0.6 is 0 Å². The molecule has 0 aromatic heterocycles. The van der Waals surface area contributed by atoms with Crippen LogP contribution in [0.15, 0.2) is 4.99 Å². The molecule has 0 unspecified atom stereocenters. The molecule has 0 saturated heterocycles. The maximum Gasteiger partial charge on any atom is 0.303 e. The van der Waals surface area contributed by atoms with Crippen molar-refractivity contribution in [3.8, 4) is 0 Å². The van der Waals surface area contributed by atoms with Crippen LogP contribution in [-0.2, 0) is 4.79 Å². The van der Waals surface area contributed by atoms with Gasteiger partial charge in [0.1, 0.15) is 0 Å². The minimum absolute atomic E-state index is 0.218. The third-order valence-corrected chi connectivity index (χ3v) is 3.11. The van der Waals surface area contributed by atoms with Gasteiger partial charge in [-0.2, -0.15) is 0 Å². The molecule has 0 saturated carbocycles. The Morgan fingerprint density at radius 1 is 0.857 bits per heavy atom. The van der Waals surface area contributed by atoms with Crippen molar-refractivity contribution in [3.05, 3.63) is 0 Å². The summed E-state index contributed by atoms with van der Waals surface area (Å²) in [6.07, 6.45) is 13.7. The molecular weight excluding hydrogens is 266 g/mol. The molecule has 126 valence electrons. The normalized spacial score (nSPS) is 9.62. The van der Waals surface area contributed by atoms with Crippen molar-refractivity contribution < 1.29 is 9.90 Å². The van der Waals surface area contributed by atoms with Crippen LogP contribution in [0.3, 0.4) is 0 Å². The van der Waals surface area contributed by atoms with Gasteiger partial charge in [-0.3, -0.25) is 9.79 Å². The maximum absolute atomic E-state index is 9.37. The van der Waals surface area contributed by atoms with Crippen molar-refractivity contribution in [2.24, 2.45) is 16.5 Å². The molecule has 0 aliphatic heterocycles. The van der Waals surface area contributed by atoms with Crippen molar-refractivity contribution >= 4 is 11.9 Å². The molecule has 0 atom stereocenters. The highest BCUT2D eigenvalue weighted by atomic mass is 16.4. The number of aliphatic carboxylic acids is 1. The van der Waals surface area contributed by atoms with E-state index in [4.69, 9.17) is 16.6 Å². The molecule has 0 heterocycles. The summed E-state index contributed by atoms with van der Waals surface area (Å²) in [6.45, 7) is 4.65. The first kappa shape index (κ1) is 22.0. The van der Waals surface area contributed by atoms with Gasteiger partial charge in [-0.25, -0.2) is 0 Å². The summed E-state index contributed by atoms with van der Waals surface area (Å²) >= 11 is 0. The number of aliphatic imine (C=N–C) groups is 1. The lowest BCUT2D eigenvalue weighted by atomic mass is 10.1. The summed E-state index contributed by atoms with van der Waals surface area (Å²) in [5.74, 6) is -0.527. The molecule has 21 heavy (non-hydrogen) atoms. The van der Waals surface area contributed by atoms with Gasteiger partial charge >= 0.3 is 5.97 Å². The van der Waals surface area contributed by atoms with Gasteiger partial charge in [0, 0.05) is 13.0 Å². The summed E-state index contributed by atoms with van der Waals surface area (Å²) in [7, 11) is 0. The molecule has 0 radical (unpaired) electrons. The van der Waals surface area contributed by atoms with E-state index in [0.717, 1.165) is 13.0 Å². The monoisotopic (exact) mass is 301 g/mol. The fourth-order valence-electron chi connectivity index (χ4n) is 1.81. The summed E-state index contributed by atoms with van der Waals surface area (Å²) in [5.41, 5.74) is 10.5. The molecule has 0 amide bonds. The molecule has 0 aromatic rings. The van der Waals surface area contributed by atoms with Crippen LogP contribution in [0.4, 0.5) is 0 Å². The van der Waals surface area contributed by atoms with Crippen molar-refractivity contribution in [3.63, 3.8) is 0 Å². The smallest absolute Gasteiger partial charge is 0.303 e. The highest BCUT2D eigenvalue weighted by Gasteiger charge is 1.92. The average molecular weight is 301 g/mol. The van der Waals surface area contributed by atoms with Crippen molar-refractivity contribution in [2.45, 2.75) is 84.5 Å². The second-order valence-electron chi connectivity index (χ2n) is 5.24. The van der Waals surface area contributed by atoms with E-state index in [1.807, 2.05) is 0 Å². The second kappa shape index (κ2) is 18.7. The Balaban J connectivity index is 0. The third-order valence-electron chi connectivity index (χ3n) is 3.11. The van der Waals surface area contributed by atoms with E-state index in [-0.39, 0.29) is 12.4 Å². The largest absolute Gasteiger partial charge is 0.481 e. The van der Waals surface area contributed by atoms with E-state index in [9.17, 15) is 4.79 Å². The summed E-state index contributed by atoms with van der Waals surface area (Å²) in [4.78, 5) is 13.3. The zero-order valence-corrected chi connectivity index (χ0v) is 13.9. The second-order valence-corrected chi connectivity index (χ2v) is 5.24. The van der Waals surface area contributed by atoms with Crippen LogP contribution in [0, 0.1) is 0 Å². The number of carboxylic acid groups (broad SMARTS) is 1. The molecule has 0 rings (SSSR count). The number of unbranched alkanes of at least 4 members (excludes halogenated alkanes) is 9. The average Bonchev–Trinajstić information content (AvgIpc) is 2.45. The number of nitrogens with zero attached hydrogens (tertiary/aromatic N) is 1. The lowest BCUT2D eigenvalue weighted by Gasteiger charge is -2.01. The topological polar surface area (TPSA) is 102 Å². The maximum atomic E-state index is 9.37. The van der Waals surface area contributed by atoms with E-state index in [1.54, 1.807) is 6.92 Å². The first-order valence-electron chi connectivity index (χ1n) is 8.31. The number of nitrogens with two attached hydrogens (primary N) is 2. The third kappa shape index (κ3) is 27.8. The van der Waals surface area contributed by atoms with Gasteiger partial charge in [-0.1, -0.05) is 71.6 Å². The standard InChI is InChI=1S/C13H29N3.C3H6O2/c1-2-3-4-5-6-7-8-9-10-11-12-16-13(14)15;1-2-3(4)5/h2-12H2,1H3,(H4,14,15,16);2H2,1H3,(H,4,5). The van der Waals surface area contributed by atoms with Gasteiger partial charge in [0.2, 0.25) is 0 Å². The van der Waals surface area contributed by atoms with Crippen LogP contribution in [0.1, 0.15) is 84.5 Å². The molecule has 0 fully saturated rings. The molecule has 5 heteroatoms. The van der Waals surface area contributed by atoms with E-state index < -0.39 is 5.97 Å². The van der Waals surface area contributed by atoms with Gasteiger partial charge in [0.25, 0.3) is 0 Å². The zero-order chi connectivity index (χ0) is 16.3. The van der Waals surface area contributed by atoms with Crippen LogP contribution < -0.4 is 11.5 Å².